The molecule has 4 atom stereocenters. The van der Waals surface area contributed by atoms with Gasteiger partial charge in [-0.3, -0.25) is 24.1 Å². The third-order valence-corrected chi connectivity index (χ3v) is 5.56. The molecule has 0 spiro atoms. The number of likely N-dealkylation sites (tertiary alicyclic amines) is 1. The molecule has 27 heavy (non-hydrogen) atoms. The van der Waals surface area contributed by atoms with Gasteiger partial charge in [-0.25, -0.2) is 0 Å². The minimum Gasteiger partial charge on any atom is -0.360 e. The Hall–Kier alpha value is -2.97. The van der Waals surface area contributed by atoms with Crippen LogP contribution in [0.3, 0.4) is 0 Å². The van der Waals surface area contributed by atoms with Gasteiger partial charge in [-0.15, -0.1) is 0 Å². The molecule has 1 saturated carbocycles. The van der Waals surface area contributed by atoms with E-state index in [4.69, 9.17) is 4.52 Å². The predicted octanol–water partition coefficient (Wildman–Crippen LogP) is 0.187. The van der Waals surface area contributed by atoms with Gasteiger partial charge in [0, 0.05) is 13.1 Å². The van der Waals surface area contributed by atoms with Crippen LogP contribution in [0.4, 0.5) is 5.82 Å². The molecule has 142 valence electrons. The summed E-state index contributed by atoms with van der Waals surface area (Å²) < 4.78 is 4.86. The normalized spacial score (nSPS) is 28.0. The van der Waals surface area contributed by atoms with Crippen LogP contribution in [-0.4, -0.2) is 58.7 Å². The molecule has 2 aliphatic carbocycles. The first-order valence-corrected chi connectivity index (χ1v) is 8.86. The summed E-state index contributed by atoms with van der Waals surface area (Å²) in [5.74, 6) is -1.10. The number of anilines is 1. The van der Waals surface area contributed by atoms with E-state index in [0.717, 1.165) is 11.3 Å². The molecular weight excluding hydrogens is 352 g/mol. The van der Waals surface area contributed by atoms with Crippen molar-refractivity contribution in [1.29, 1.82) is 0 Å². The average Bonchev–Trinajstić information content (AvgIpc) is 3.36. The van der Waals surface area contributed by atoms with E-state index in [9.17, 15) is 19.2 Å². The number of carbonyl (C=O) groups excluding carboxylic acids is 4. The zero-order valence-corrected chi connectivity index (χ0v) is 15.0. The Morgan fingerprint density at radius 1 is 1.26 bits per heavy atom. The molecule has 0 aromatic carbocycles. The number of carbonyl (C=O) groups is 4. The van der Waals surface area contributed by atoms with Crippen molar-refractivity contribution in [2.75, 3.05) is 25.5 Å². The lowest BCUT2D eigenvalue weighted by atomic mass is 9.85. The van der Waals surface area contributed by atoms with Crippen LogP contribution < -0.4 is 5.32 Å². The topological polar surface area (TPSA) is 113 Å². The quantitative estimate of drug-likeness (QED) is 0.583. The van der Waals surface area contributed by atoms with E-state index < -0.39 is 11.8 Å². The smallest absolute Gasteiger partial charge is 0.245 e. The zero-order chi connectivity index (χ0) is 19.3. The highest BCUT2D eigenvalue weighted by Gasteiger charge is 2.59. The number of nitrogens with zero attached hydrogens (tertiary/aromatic N) is 3. The standard InChI is InChI=1S/C18H20N4O5/c1-9-5-12(20-27-9)19-13(23)7-21(2)14(24)8-22-17(25)15-10-3-4-11(6-10)16(15)18(22)26/h3-5,10-11,15-16H,6-8H2,1-2H3,(H,19,20,23)/t10-,11-,15-,16+/m0/s1. The number of hydrogen-bond acceptors (Lipinski definition) is 6. The van der Waals surface area contributed by atoms with Gasteiger partial charge < -0.3 is 14.7 Å². The molecule has 0 unspecified atom stereocenters. The van der Waals surface area contributed by atoms with E-state index >= 15 is 0 Å². The number of hydrogen-bond donors (Lipinski definition) is 1. The van der Waals surface area contributed by atoms with Crippen LogP contribution >= 0.6 is 0 Å². The summed E-state index contributed by atoms with van der Waals surface area (Å²) in [6.07, 6.45) is 4.85. The lowest BCUT2D eigenvalue weighted by Crippen LogP contribution is -2.44. The van der Waals surface area contributed by atoms with Crippen molar-refractivity contribution in [2.24, 2.45) is 23.7 Å². The molecule has 9 heteroatoms. The van der Waals surface area contributed by atoms with Crippen molar-refractivity contribution < 1.29 is 23.7 Å². The number of rotatable bonds is 5. The van der Waals surface area contributed by atoms with E-state index in [-0.39, 0.29) is 54.4 Å². The molecule has 4 amide bonds. The number of aromatic nitrogens is 1. The lowest BCUT2D eigenvalue weighted by molar-refractivity contribution is -0.147. The van der Waals surface area contributed by atoms with Gasteiger partial charge in [-0.1, -0.05) is 17.3 Å². The third-order valence-electron chi connectivity index (χ3n) is 5.56. The van der Waals surface area contributed by atoms with Gasteiger partial charge in [-0.05, 0) is 25.2 Å². The van der Waals surface area contributed by atoms with Crippen LogP contribution in [0.1, 0.15) is 12.2 Å². The Balaban J connectivity index is 1.34. The third kappa shape index (κ3) is 2.92. The van der Waals surface area contributed by atoms with E-state index in [1.54, 1.807) is 13.0 Å². The molecule has 9 nitrogen and oxygen atoms in total. The van der Waals surface area contributed by atoms with Crippen LogP contribution in [0.2, 0.25) is 0 Å². The molecule has 2 heterocycles. The molecule has 1 N–H and O–H groups in total. The molecule has 1 aromatic rings. The first-order valence-electron chi connectivity index (χ1n) is 8.86. The van der Waals surface area contributed by atoms with E-state index in [1.165, 1.54) is 11.9 Å². The van der Waals surface area contributed by atoms with Gasteiger partial charge in [0.1, 0.15) is 12.3 Å². The highest BCUT2D eigenvalue weighted by molar-refractivity contribution is 6.08. The number of imide groups is 1. The fourth-order valence-corrected chi connectivity index (χ4v) is 4.29. The monoisotopic (exact) mass is 372 g/mol. The summed E-state index contributed by atoms with van der Waals surface area (Å²) in [6.45, 7) is 1.14. The van der Waals surface area contributed by atoms with E-state index in [2.05, 4.69) is 10.5 Å². The summed E-state index contributed by atoms with van der Waals surface area (Å²) in [4.78, 5) is 51.9. The Bertz CT molecular complexity index is 830. The molecule has 1 saturated heterocycles. The molecule has 2 bridgehead atoms. The highest BCUT2D eigenvalue weighted by atomic mass is 16.5. The second-order valence-corrected chi connectivity index (χ2v) is 7.38. The largest absolute Gasteiger partial charge is 0.360 e. The first-order chi connectivity index (χ1) is 12.8. The molecule has 1 aromatic heterocycles. The molecule has 4 rings (SSSR count). The maximum atomic E-state index is 12.6. The van der Waals surface area contributed by atoms with Gasteiger partial charge in [0.2, 0.25) is 23.6 Å². The number of allylic oxidation sites excluding steroid dienone is 2. The Labute approximate surface area is 155 Å². The molecular formula is C18H20N4O5. The van der Waals surface area contributed by atoms with E-state index in [1.807, 2.05) is 12.2 Å². The van der Waals surface area contributed by atoms with Crippen LogP contribution in [0.25, 0.3) is 0 Å². The number of nitrogens with one attached hydrogen (secondary N) is 1. The Kier molecular flexibility index (Phi) is 4.09. The summed E-state index contributed by atoms with van der Waals surface area (Å²) >= 11 is 0. The second-order valence-electron chi connectivity index (χ2n) is 7.38. The molecule has 3 aliphatic rings. The first kappa shape index (κ1) is 17.4. The van der Waals surface area contributed by atoms with Crippen LogP contribution in [0.15, 0.2) is 22.7 Å². The highest BCUT2D eigenvalue weighted by Crippen LogP contribution is 2.52. The van der Waals surface area contributed by atoms with Crippen molar-refractivity contribution in [1.82, 2.24) is 15.0 Å². The molecule has 0 radical (unpaired) electrons. The molecule has 2 fully saturated rings. The Morgan fingerprint density at radius 2 is 1.89 bits per heavy atom. The number of fused-ring (bicyclic) bond motifs is 5. The van der Waals surface area contributed by atoms with Gasteiger partial charge in [0.15, 0.2) is 5.82 Å². The number of aryl methyl sites for hydroxylation is 1. The Morgan fingerprint density at radius 3 is 2.44 bits per heavy atom. The number of likely N-dealkylation sites (N-methyl/N-ethyl adjacent to an activating group) is 1. The predicted molar refractivity (Wildman–Crippen MR) is 91.9 cm³/mol. The maximum absolute atomic E-state index is 12.6. The van der Waals surface area contributed by atoms with Crippen molar-refractivity contribution in [3.63, 3.8) is 0 Å². The average molecular weight is 372 g/mol. The summed E-state index contributed by atoms with van der Waals surface area (Å²) in [7, 11) is 1.45. The van der Waals surface area contributed by atoms with Crippen LogP contribution in [-0.2, 0) is 19.2 Å². The zero-order valence-electron chi connectivity index (χ0n) is 15.0. The minimum atomic E-state index is -0.469. The fraction of sp³-hybridized carbons (Fsp3) is 0.500. The van der Waals surface area contributed by atoms with Gasteiger partial charge in [0.25, 0.3) is 0 Å². The lowest BCUT2D eigenvalue weighted by Gasteiger charge is -2.21. The summed E-state index contributed by atoms with van der Waals surface area (Å²) in [5.41, 5.74) is 0. The van der Waals surface area contributed by atoms with Crippen molar-refractivity contribution in [2.45, 2.75) is 13.3 Å². The van der Waals surface area contributed by atoms with Crippen molar-refractivity contribution in [3.05, 3.63) is 24.0 Å². The van der Waals surface area contributed by atoms with Gasteiger partial charge >= 0.3 is 0 Å². The van der Waals surface area contributed by atoms with Crippen LogP contribution in [0.5, 0.6) is 0 Å². The maximum Gasteiger partial charge on any atom is 0.245 e. The van der Waals surface area contributed by atoms with Crippen LogP contribution in [0, 0.1) is 30.6 Å². The number of amides is 4. The van der Waals surface area contributed by atoms with Gasteiger partial charge in [-0.2, -0.15) is 0 Å². The minimum absolute atomic E-state index is 0.103. The second kappa shape index (κ2) is 6.33. The van der Waals surface area contributed by atoms with Crippen molar-refractivity contribution in [3.8, 4) is 0 Å². The van der Waals surface area contributed by atoms with E-state index in [0.29, 0.717) is 5.76 Å². The summed E-state index contributed by atoms with van der Waals surface area (Å²) in [5, 5.41) is 6.17. The SMILES string of the molecule is Cc1cc(NC(=O)CN(C)C(=O)CN2C(=O)[C@@H]3[C@H](C2=O)[C@H]2C=C[C@H]3C2)no1. The van der Waals surface area contributed by atoms with Crippen molar-refractivity contribution >= 4 is 29.4 Å². The molecule has 1 aliphatic heterocycles. The van der Waals surface area contributed by atoms with Gasteiger partial charge in [0.05, 0.1) is 18.4 Å². The fourth-order valence-electron chi connectivity index (χ4n) is 4.29. The summed E-state index contributed by atoms with van der Waals surface area (Å²) in [6, 6.07) is 1.56.